The van der Waals surface area contributed by atoms with Gasteiger partial charge in [-0.25, -0.2) is 0 Å². The average Bonchev–Trinajstić information content (AvgIpc) is 3.03. The molecule has 0 fully saturated rings. The van der Waals surface area contributed by atoms with Crippen molar-refractivity contribution in [3.8, 4) is 11.1 Å². The third kappa shape index (κ3) is 3.87. The number of quaternary nitrogens is 1. The number of carbonyl (C=O) groups excluding carboxylic acids is 1. The van der Waals surface area contributed by atoms with E-state index in [-0.39, 0.29) is 18.2 Å². The second kappa shape index (κ2) is 8.31. The SMILES string of the molecule is O=C(CC[NH2+]Cc1ccccc1)c1ccc2c(c1)Cc1ccccc1-2.[Cl-]. The van der Waals surface area contributed by atoms with Gasteiger partial charge >= 0.3 is 0 Å². The highest BCUT2D eigenvalue weighted by Gasteiger charge is 2.19. The number of benzene rings is 3. The summed E-state index contributed by atoms with van der Waals surface area (Å²) in [4.78, 5) is 12.5. The topological polar surface area (TPSA) is 33.7 Å². The number of rotatable bonds is 6. The van der Waals surface area contributed by atoms with Gasteiger partial charge in [0.15, 0.2) is 5.78 Å². The third-order valence-electron chi connectivity index (χ3n) is 4.91. The van der Waals surface area contributed by atoms with E-state index in [0.717, 1.165) is 25.1 Å². The second-order valence-electron chi connectivity index (χ2n) is 6.65. The summed E-state index contributed by atoms with van der Waals surface area (Å²) in [5.74, 6) is 0.239. The van der Waals surface area contributed by atoms with Crippen molar-refractivity contribution in [2.45, 2.75) is 19.4 Å². The maximum Gasteiger partial charge on any atom is 0.168 e. The summed E-state index contributed by atoms with van der Waals surface area (Å²) in [7, 11) is 0. The van der Waals surface area contributed by atoms with Crippen molar-refractivity contribution >= 4 is 5.78 Å². The summed E-state index contributed by atoms with van der Waals surface area (Å²) in [6.45, 7) is 1.75. The predicted octanol–water partition coefficient (Wildman–Crippen LogP) is 0.598. The fraction of sp³-hybridized carbons (Fsp3) is 0.174. The van der Waals surface area contributed by atoms with Crippen molar-refractivity contribution in [1.82, 2.24) is 0 Å². The first-order valence-electron chi connectivity index (χ1n) is 8.91. The molecule has 1 aliphatic carbocycles. The number of Topliss-reactive ketones (excluding diaryl/α,β-unsaturated/α-hetero) is 1. The molecule has 0 atom stereocenters. The molecular weight excluding hydrogens is 342 g/mol. The van der Waals surface area contributed by atoms with E-state index in [1.165, 1.54) is 27.8 Å². The first-order valence-corrected chi connectivity index (χ1v) is 8.91. The predicted molar refractivity (Wildman–Crippen MR) is 101 cm³/mol. The summed E-state index contributed by atoms with van der Waals surface area (Å²) < 4.78 is 0. The first-order chi connectivity index (χ1) is 12.3. The Kier molecular flexibility index (Phi) is 5.87. The Morgan fingerprint density at radius 1 is 0.846 bits per heavy atom. The van der Waals surface area contributed by atoms with Crippen molar-refractivity contribution in [2.24, 2.45) is 0 Å². The van der Waals surface area contributed by atoms with Crippen molar-refractivity contribution < 1.29 is 22.5 Å². The van der Waals surface area contributed by atoms with Crippen molar-refractivity contribution in [3.63, 3.8) is 0 Å². The zero-order valence-electron chi connectivity index (χ0n) is 14.6. The minimum Gasteiger partial charge on any atom is -1.00 e. The van der Waals surface area contributed by atoms with E-state index in [1.54, 1.807) is 0 Å². The Bertz CT molecular complexity index is 905. The molecule has 132 valence electrons. The minimum absolute atomic E-state index is 0. The standard InChI is InChI=1S/C23H21NO.ClH/c25-23(12-13-24-16-17-6-2-1-3-7-17)19-10-11-22-20(15-19)14-18-8-4-5-9-21(18)22;/h1-11,15,24H,12-14,16H2;1H. The van der Waals surface area contributed by atoms with Crippen LogP contribution >= 0.6 is 0 Å². The zero-order chi connectivity index (χ0) is 17.1. The van der Waals surface area contributed by atoms with Crippen molar-refractivity contribution in [3.05, 3.63) is 95.1 Å². The number of fused-ring (bicyclic) bond motifs is 3. The number of hydrogen-bond acceptors (Lipinski definition) is 1. The van der Waals surface area contributed by atoms with Crippen LogP contribution in [-0.4, -0.2) is 12.3 Å². The molecule has 2 N–H and O–H groups in total. The van der Waals surface area contributed by atoms with Crippen molar-refractivity contribution in [1.29, 1.82) is 0 Å². The lowest BCUT2D eigenvalue weighted by Crippen LogP contribution is -3.00. The molecule has 2 nitrogen and oxygen atoms in total. The van der Waals surface area contributed by atoms with Gasteiger partial charge in [0.25, 0.3) is 0 Å². The molecule has 3 aromatic rings. The van der Waals surface area contributed by atoms with Crippen LogP contribution in [-0.2, 0) is 13.0 Å². The third-order valence-corrected chi connectivity index (χ3v) is 4.91. The molecule has 3 heteroatoms. The van der Waals surface area contributed by atoms with Crippen LogP contribution in [0.5, 0.6) is 0 Å². The van der Waals surface area contributed by atoms with E-state index < -0.39 is 0 Å². The van der Waals surface area contributed by atoms with Crippen molar-refractivity contribution in [2.75, 3.05) is 6.54 Å². The molecule has 0 saturated carbocycles. The lowest BCUT2D eigenvalue weighted by atomic mass is 10.0. The molecule has 0 amide bonds. The Labute approximate surface area is 160 Å². The molecule has 4 rings (SSSR count). The molecule has 0 saturated heterocycles. The Hall–Kier alpha value is -2.42. The maximum absolute atomic E-state index is 12.5. The Morgan fingerprint density at radius 2 is 1.58 bits per heavy atom. The minimum atomic E-state index is 0. The highest BCUT2D eigenvalue weighted by atomic mass is 35.5. The van der Waals surface area contributed by atoms with Gasteiger partial charge in [-0.2, -0.15) is 0 Å². The van der Waals surface area contributed by atoms with Gasteiger partial charge in [-0.1, -0.05) is 66.7 Å². The fourth-order valence-corrected chi connectivity index (χ4v) is 3.58. The van der Waals surface area contributed by atoms with Crippen LogP contribution in [0.1, 0.15) is 33.5 Å². The van der Waals surface area contributed by atoms with Gasteiger partial charge in [-0.05, 0) is 34.7 Å². The highest BCUT2D eigenvalue weighted by Crippen LogP contribution is 2.36. The van der Waals surface area contributed by atoms with E-state index in [9.17, 15) is 4.79 Å². The van der Waals surface area contributed by atoms with Crippen LogP contribution in [0.3, 0.4) is 0 Å². The molecular formula is C23H22ClNO. The fourth-order valence-electron chi connectivity index (χ4n) is 3.58. The summed E-state index contributed by atoms with van der Waals surface area (Å²) in [5, 5.41) is 2.20. The number of carbonyl (C=O) groups is 1. The normalized spacial score (nSPS) is 11.4. The number of nitrogens with two attached hydrogens (primary N) is 1. The van der Waals surface area contributed by atoms with E-state index in [4.69, 9.17) is 0 Å². The average molecular weight is 364 g/mol. The molecule has 0 radical (unpaired) electrons. The van der Waals surface area contributed by atoms with Gasteiger partial charge in [0.1, 0.15) is 6.54 Å². The molecule has 0 bridgehead atoms. The molecule has 0 heterocycles. The quantitative estimate of drug-likeness (QED) is 0.395. The molecule has 3 aromatic carbocycles. The molecule has 0 aromatic heterocycles. The van der Waals surface area contributed by atoms with Crippen LogP contribution in [0.4, 0.5) is 0 Å². The maximum atomic E-state index is 12.5. The van der Waals surface area contributed by atoms with Gasteiger partial charge in [0.05, 0.1) is 13.0 Å². The number of hydrogen-bond donors (Lipinski definition) is 1. The Balaban J connectivity index is 0.00000196. The van der Waals surface area contributed by atoms with Gasteiger partial charge in [-0.3, -0.25) is 4.79 Å². The first kappa shape index (κ1) is 18.4. The molecule has 0 spiro atoms. The van der Waals surface area contributed by atoms with Crippen LogP contribution in [0.25, 0.3) is 11.1 Å². The van der Waals surface area contributed by atoms with Gasteiger partial charge in [-0.15, -0.1) is 0 Å². The van der Waals surface area contributed by atoms with E-state index in [1.807, 2.05) is 12.1 Å². The molecule has 26 heavy (non-hydrogen) atoms. The van der Waals surface area contributed by atoms with E-state index in [2.05, 4.69) is 66.0 Å². The Morgan fingerprint density at radius 3 is 2.42 bits per heavy atom. The second-order valence-corrected chi connectivity index (χ2v) is 6.65. The zero-order valence-corrected chi connectivity index (χ0v) is 15.4. The number of ketones is 1. The monoisotopic (exact) mass is 363 g/mol. The van der Waals surface area contributed by atoms with Crippen LogP contribution in [0, 0.1) is 0 Å². The smallest absolute Gasteiger partial charge is 0.168 e. The number of halogens is 1. The largest absolute Gasteiger partial charge is 1.00 e. The summed E-state index contributed by atoms with van der Waals surface area (Å²) in [5.41, 5.74) is 7.37. The summed E-state index contributed by atoms with van der Waals surface area (Å²) in [6, 6.07) is 25.1. The highest BCUT2D eigenvalue weighted by molar-refractivity contribution is 5.97. The lowest BCUT2D eigenvalue weighted by Gasteiger charge is -2.05. The molecule has 0 unspecified atom stereocenters. The van der Waals surface area contributed by atoms with Crippen LogP contribution in [0.2, 0.25) is 0 Å². The summed E-state index contributed by atoms with van der Waals surface area (Å²) in [6.07, 6.45) is 1.52. The van der Waals surface area contributed by atoms with E-state index in [0.29, 0.717) is 6.42 Å². The van der Waals surface area contributed by atoms with Gasteiger partial charge in [0.2, 0.25) is 0 Å². The molecule has 1 aliphatic rings. The lowest BCUT2D eigenvalue weighted by molar-refractivity contribution is -0.669. The van der Waals surface area contributed by atoms with Crippen LogP contribution < -0.4 is 17.7 Å². The summed E-state index contributed by atoms with van der Waals surface area (Å²) >= 11 is 0. The van der Waals surface area contributed by atoms with Gasteiger partial charge in [0, 0.05) is 11.1 Å². The van der Waals surface area contributed by atoms with Gasteiger partial charge < -0.3 is 17.7 Å². The molecule has 0 aliphatic heterocycles. The van der Waals surface area contributed by atoms with Crippen LogP contribution in [0.15, 0.2) is 72.8 Å². The van der Waals surface area contributed by atoms with E-state index >= 15 is 0 Å².